The van der Waals surface area contributed by atoms with Gasteiger partial charge in [-0.1, -0.05) is 17.4 Å². The molecule has 32 heavy (non-hydrogen) atoms. The number of phenols is 1. The lowest BCUT2D eigenvalue weighted by molar-refractivity contribution is -0.00520. The first-order chi connectivity index (χ1) is 15.6. The number of rotatable bonds is 3. The van der Waals surface area contributed by atoms with E-state index in [4.69, 9.17) is 4.99 Å². The zero-order chi connectivity index (χ0) is 21.4. The Hall–Kier alpha value is -2.32. The van der Waals surface area contributed by atoms with Gasteiger partial charge in [-0.25, -0.2) is 4.99 Å². The average Bonchev–Trinajstić information content (AvgIpc) is 3.19. The maximum Gasteiger partial charge on any atom is 0.136 e. The molecule has 4 heterocycles. The molecule has 4 saturated carbocycles. The summed E-state index contributed by atoms with van der Waals surface area (Å²) in [7, 11) is 0. The number of aromatic hydroxyl groups is 1. The number of anilines is 1. The molecule has 1 N–H and O–H groups in total. The highest BCUT2D eigenvalue weighted by Gasteiger charge is 2.51. The van der Waals surface area contributed by atoms with Crippen molar-refractivity contribution in [2.75, 3.05) is 18.0 Å². The number of piperidine rings is 1. The highest BCUT2D eigenvalue weighted by Crippen LogP contribution is 2.61. The third kappa shape index (κ3) is 2.75. The average molecular weight is 444 g/mol. The van der Waals surface area contributed by atoms with E-state index in [0.29, 0.717) is 11.3 Å². The van der Waals surface area contributed by atoms with Crippen LogP contribution in [0.2, 0.25) is 0 Å². The van der Waals surface area contributed by atoms with Crippen LogP contribution in [-0.4, -0.2) is 24.4 Å². The summed E-state index contributed by atoms with van der Waals surface area (Å²) < 4.78 is 0. The van der Waals surface area contributed by atoms with Gasteiger partial charge in [0, 0.05) is 30.4 Å². The molecule has 5 fully saturated rings. The Kier molecular flexibility index (Phi) is 4.10. The maximum atomic E-state index is 10.6. The molecule has 0 atom stereocenters. The van der Waals surface area contributed by atoms with Crippen molar-refractivity contribution in [3.8, 4) is 11.8 Å². The molecule has 1 saturated heterocycles. The number of nitriles is 1. The van der Waals surface area contributed by atoms with E-state index in [2.05, 4.69) is 23.1 Å². The molecule has 1 aromatic heterocycles. The summed E-state index contributed by atoms with van der Waals surface area (Å²) in [6, 6.07) is 8.67. The van der Waals surface area contributed by atoms with Crippen molar-refractivity contribution < 1.29 is 5.11 Å². The third-order valence-electron chi connectivity index (χ3n) is 9.21. The SMILES string of the molecule is N#Cc1c(/N=C/c2cc(C34CC5CC(CC(C5)C3)C4)ccc2O)sc2c1C1CCN2CC1. The molecule has 6 bridgehead atoms. The van der Waals surface area contributed by atoms with Gasteiger partial charge in [0.2, 0.25) is 0 Å². The highest BCUT2D eigenvalue weighted by molar-refractivity contribution is 7.20. The van der Waals surface area contributed by atoms with Gasteiger partial charge in [-0.05, 0) is 98.1 Å². The molecule has 7 aliphatic rings. The second-order valence-electron chi connectivity index (χ2n) is 11.1. The fraction of sp³-hybridized carbons (Fsp3) is 0.556. The Morgan fingerprint density at radius 2 is 1.78 bits per heavy atom. The van der Waals surface area contributed by atoms with Crippen molar-refractivity contribution in [1.29, 1.82) is 5.26 Å². The molecule has 0 unspecified atom stereocenters. The van der Waals surface area contributed by atoms with Crippen LogP contribution in [0.25, 0.3) is 0 Å². The Morgan fingerprint density at radius 3 is 2.44 bits per heavy atom. The van der Waals surface area contributed by atoms with Gasteiger partial charge in [0.05, 0.1) is 10.6 Å². The van der Waals surface area contributed by atoms with Crippen molar-refractivity contribution >= 4 is 27.6 Å². The Morgan fingerprint density at radius 1 is 1.09 bits per heavy atom. The molecule has 164 valence electrons. The minimum absolute atomic E-state index is 0.283. The molecule has 4 aliphatic carbocycles. The lowest BCUT2D eigenvalue weighted by Crippen LogP contribution is -2.48. The molecule has 1 aromatic carbocycles. The fourth-order valence-corrected chi connectivity index (χ4v) is 9.42. The van der Waals surface area contributed by atoms with Gasteiger partial charge in [-0.2, -0.15) is 5.26 Å². The second-order valence-corrected chi connectivity index (χ2v) is 12.1. The monoisotopic (exact) mass is 443 g/mol. The Balaban J connectivity index is 1.24. The lowest BCUT2D eigenvalue weighted by atomic mass is 9.48. The first-order valence-corrected chi connectivity index (χ1v) is 13.1. The largest absolute Gasteiger partial charge is 0.507 e. The summed E-state index contributed by atoms with van der Waals surface area (Å²) in [6.07, 6.45) is 12.3. The van der Waals surface area contributed by atoms with Crippen LogP contribution >= 0.6 is 11.3 Å². The van der Waals surface area contributed by atoms with E-state index < -0.39 is 0 Å². The molecular weight excluding hydrogens is 414 g/mol. The number of benzene rings is 1. The minimum atomic E-state index is 0.283. The van der Waals surface area contributed by atoms with Gasteiger partial charge in [0.15, 0.2) is 0 Å². The topological polar surface area (TPSA) is 59.6 Å². The molecule has 9 rings (SSSR count). The Labute approximate surface area is 193 Å². The van der Waals surface area contributed by atoms with Gasteiger partial charge < -0.3 is 10.0 Å². The van der Waals surface area contributed by atoms with Gasteiger partial charge in [0.1, 0.15) is 16.8 Å². The van der Waals surface area contributed by atoms with Crippen molar-refractivity contribution in [2.45, 2.75) is 62.7 Å². The molecule has 0 amide bonds. The van der Waals surface area contributed by atoms with Crippen molar-refractivity contribution in [2.24, 2.45) is 22.7 Å². The van der Waals surface area contributed by atoms with Crippen LogP contribution in [0.15, 0.2) is 23.2 Å². The van der Waals surface area contributed by atoms with Crippen LogP contribution in [0.5, 0.6) is 5.75 Å². The van der Waals surface area contributed by atoms with Crippen molar-refractivity contribution in [3.63, 3.8) is 0 Å². The number of hydrogen-bond donors (Lipinski definition) is 1. The number of thiophene rings is 1. The van der Waals surface area contributed by atoms with Crippen molar-refractivity contribution in [1.82, 2.24) is 0 Å². The summed E-state index contributed by atoms with van der Waals surface area (Å²) in [4.78, 5) is 7.20. The molecule has 0 spiro atoms. The van der Waals surface area contributed by atoms with Crippen LogP contribution in [0.3, 0.4) is 0 Å². The van der Waals surface area contributed by atoms with Crippen molar-refractivity contribution in [3.05, 3.63) is 40.5 Å². The van der Waals surface area contributed by atoms with Crippen LogP contribution in [0, 0.1) is 29.1 Å². The molecule has 4 nitrogen and oxygen atoms in total. The smallest absolute Gasteiger partial charge is 0.136 e. The first-order valence-electron chi connectivity index (χ1n) is 12.3. The van der Waals surface area contributed by atoms with E-state index >= 15 is 0 Å². The maximum absolute atomic E-state index is 10.6. The molecule has 0 radical (unpaired) electrons. The van der Waals surface area contributed by atoms with E-state index in [1.807, 2.05) is 6.07 Å². The molecule has 2 aromatic rings. The summed E-state index contributed by atoms with van der Waals surface area (Å²) in [6.45, 7) is 2.19. The van der Waals surface area contributed by atoms with Gasteiger partial charge in [-0.3, -0.25) is 0 Å². The zero-order valence-corrected chi connectivity index (χ0v) is 19.2. The first kappa shape index (κ1) is 19.2. The summed E-state index contributed by atoms with van der Waals surface area (Å²) in [5.41, 5.74) is 4.47. The number of aliphatic imine (C=N–C) groups is 1. The predicted octanol–water partition coefficient (Wildman–Crippen LogP) is 6.24. The van der Waals surface area contributed by atoms with E-state index in [9.17, 15) is 10.4 Å². The predicted molar refractivity (Wildman–Crippen MR) is 128 cm³/mol. The van der Waals surface area contributed by atoms with Crippen LogP contribution in [0.1, 0.15) is 79.5 Å². The molecule has 3 aliphatic heterocycles. The van der Waals surface area contributed by atoms with Crippen LogP contribution in [0.4, 0.5) is 10.0 Å². The van der Waals surface area contributed by atoms with Crippen LogP contribution in [-0.2, 0) is 5.41 Å². The molecular formula is C27H29N3OS. The third-order valence-corrected chi connectivity index (χ3v) is 10.4. The van der Waals surface area contributed by atoms with E-state index in [1.54, 1.807) is 17.6 Å². The van der Waals surface area contributed by atoms with E-state index in [0.717, 1.165) is 59.8 Å². The lowest BCUT2D eigenvalue weighted by Gasteiger charge is -2.57. The minimum Gasteiger partial charge on any atom is -0.507 e. The van der Waals surface area contributed by atoms with Gasteiger partial charge in [-0.15, -0.1) is 0 Å². The normalized spacial score (nSPS) is 32.6. The number of fused-ring (bicyclic) bond motifs is 2. The Bertz CT molecular complexity index is 1130. The van der Waals surface area contributed by atoms with E-state index in [1.165, 1.54) is 54.7 Å². The quantitative estimate of drug-likeness (QED) is 0.571. The zero-order valence-electron chi connectivity index (χ0n) is 18.4. The van der Waals surface area contributed by atoms with Gasteiger partial charge >= 0.3 is 0 Å². The highest BCUT2D eigenvalue weighted by atomic mass is 32.1. The number of hydrogen-bond acceptors (Lipinski definition) is 5. The summed E-state index contributed by atoms with van der Waals surface area (Å²) in [5.74, 6) is 3.48. The number of nitrogens with zero attached hydrogens (tertiary/aromatic N) is 3. The fourth-order valence-electron chi connectivity index (χ4n) is 8.18. The summed E-state index contributed by atoms with van der Waals surface area (Å²) >= 11 is 1.65. The molecule has 5 heteroatoms. The van der Waals surface area contributed by atoms with E-state index in [-0.39, 0.29) is 5.75 Å². The summed E-state index contributed by atoms with van der Waals surface area (Å²) in [5, 5.41) is 22.6. The van der Waals surface area contributed by atoms with Crippen LogP contribution < -0.4 is 4.90 Å². The second kappa shape index (κ2) is 6.84. The standard InChI is InChI=1S/C27H29N3OS/c28-14-22-24-19-3-5-30(6-4-19)26(24)32-25(22)29-15-20-10-21(1-2-23(20)31)27-11-16-7-17(12-27)9-18(8-16)13-27/h1-2,10,15-19,31H,3-9,11-13H2/b29-15+. The van der Waals surface area contributed by atoms with Gasteiger partial charge in [0.25, 0.3) is 0 Å². The number of phenolic OH excluding ortho intramolecular Hbond substituents is 1.